The zero-order chi connectivity index (χ0) is 6.81. The molecule has 1 heterocycles. The third-order valence-electron chi connectivity index (χ3n) is 1.60. The van der Waals surface area contributed by atoms with Gasteiger partial charge < -0.3 is 0 Å². The molecule has 0 saturated heterocycles. The lowest BCUT2D eigenvalue weighted by atomic mass is 10.1. The summed E-state index contributed by atoms with van der Waals surface area (Å²) in [4.78, 5) is 7.94. The molecule has 2 nitrogen and oxygen atoms in total. The molecule has 0 bridgehead atoms. The fraction of sp³-hybridized carbons (Fsp3) is 0.250. The molecule has 0 saturated carbocycles. The first-order valence-corrected chi connectivity index (χ1v) is 3.35. The van der Waals surface area contributed by atoms with E-state index in [1.165, 1.54) is 0 Å². The SMILES string of the molecule is [c]1ncnc2c1C=CCC2. The molecule has 0 fully saturated rings. The molecule has 1 radical (unpaired) electrons. The molecule has 0 aliphatic heterocycles. The van der Waals surface area contributed by atoms with E-state index in [0.29, 0.717) is 0 Å². The molecule has 0 N–H and O–H groups in total. The van der Waals surface area contributed by atoms with Crippen LogP contribution in [0.15, 0.2) is 12.4 Å². The minimum absolute atomic E-state index is 1.03. The largest absolute Gasteiger partial charge is 0.241 e. The minimum atomic E-state index is 1.03. The van der Waals surface area contributed by atoms with Crippen molar-refractivity contribution in [3.63, 3.8) is 0 Å². The van der Waals surface area contributed by atoms with Crippen LogP contribution in [0.1, 0.15) is 17.7 Å². The van der Waals surface area contributed by atoms with E-state index in [4.69, 9.17) is 0 Å². The zero-order valence-corrected chi connectivity index (χ0v) is 5.54. The summed E-state index contributed by atoms with van der Waals surface area (Å²) >= 11 is 0. The van der Waals surface area contributed by atoms with Crippen molar-refractivity contribution in [2.24, 2.45) is 0 Å². The second kappa shape index (κ2) is 2.21. The van der Waals surface area contributed by atoms with E-state index in [9.17, 15) is 0 Å². The molecule has 1 aliphatic rings. The van der Waals surface area contributed by atoms with Gasteiger partial charge in [0.1, 0.15) is 12.5 Å². The van der Waals surface area contributed by atoms with Crippen LogP contribution in [0.3, 0.4) is 0 Å². The predicted octanol–water partition coefficient (Wildman–Crippen LogP) is 1.24. The van der Waals surface area contributed by atoms with Gasteiger partial charge in [0.05, 0.1) is 5.69 Å². The van der Waals surface area contributed by atoms with E-state index in [0.717, 1.165) is 24.1 Å². The Morgan fingerprint density at radius 3 is 3.40 bits per heavy atom. The smallest absolute Gasteiger partial charge is 0.116 e. The second-order valence-electron chi connectivity index (χ2n) is 2.29. The van der Waals surface area contributed by atoms with E-state index in [-0.39, 0.29) is 0 Å². The third kappa shape index (κ3) is 0.817. The van der Waals surface area contributed by atoms with Gasteiger partial charge in [-0.1, -0.05) is 12.2 Å². The highest BCUT2D eigenvalue weighted by Gasteiger charge is 2.03. The molecule has 0 atom stereocenters. The summed E-state index contributed by atoms with van der Waals surface area (Å²) in [5, 5.41) is 0. The van der Waals surface area contributed by atoms with E-state index >= 15 is 0 Å². The Morgan fingerprint density at radius 2 is 2.50 bits per heavy atom. The summed E-state index contributed by atoms with van der Waals surface area (Å²) in [6.45, 7) is 0. The Hall–Kier alpha value is -1.18. The number of nitrogens with zero attached hydrogens (tertiary/aromatic N) is 2. The Bertz CT molecular complexity index is 266. The van der Waals surface area contributed by atoms with Crippen molar-refractivity contribution in [2.75, 3.05) is 0 Å². The summed E-state index contributed by atoms with van der Waals surface area (Å²) in [7, 11) is 0. The minimum Gasteiger partial charge on any atom is -0.241 e. The van der Waals surface area contributed by atoms with Crippen LogP contribution >= 0.6 is 0 Å². The molecular formula is C8H7N2. The van der Waals surface area contributed by atoms with Gasteiger partial charge in [-0.25, -0.2) is 9.97 Å². The number of allylic oxidation sites excluding steroid dienone is 1. The van der Waals surface area contributed by atoms with Gasteiger partial charge in [0.15, 0.2) is 0 Å². The summed E-state index contributed by atoms with van der Waals surface area (Å²) < 4.78 is 0. The van der Waals surface area contributed by atoms with E-state index in [1.54, 1.807) is 6.33 Å². The Labute approximate surface area is 59.6 Å². The van der Waals surface area contributed by atoms with E-state index < -0.39 is 0 Å². The first kappa shape index (κ1) is 5.59. The topological polar surface area (TPSA) is 25.8 Å². The van der Waals surface area contributed by atoms with Crippen molar-refractivity contribution in [1.82, 2.24) is 9.97 Å². The molecule has 2 rings (SSSR count). The average molecular weight is 131 g/mol. The number of aromatic nitrogens is 2. The van der Waals surface area contributed by atoms with Crippen molar-refractivity contribution >= 4 is 6.08 Å². The molecule has 0 unspecified atom stereocenters. The van der Waals surface area contributed by atoms with Crippen LogP contribution in [-0.2, 0) is 6.42 Å². The maximum absolute atomic E-state index is 4.13. The van der Waals surface area contributed by atoms with Crippen molar-refractivity contribution in [3.05, 3.63) is 29.9 Å². The van der Waals surface area contributed by atoms with Gasteiger partial charge in [-0.2, -0.15) is 0 Å². The fourth-order valence-electron chi connectivity index (χ4n) is 1.08. The van der Waals surface area contributed by atoms with Gasteiger partial charge in [0.2, 0.25) is 0 Å². The zero-order valence-electron chi connectivity index (χ0n) is 5.54. The van der Waals surface area contributed by atoms with Crippen LogP contribution < -0.4 is 0 Å². The van der Waals surface area contributed by atoms with Gasteiger partial charge in [0, 0.05) is 5.56 Å². The summed E-state index contributed by atoms with van der Waals surface area (Å²) in [5.74, 6) is 0. The van der Waals surface area contributed by atoms with E-state index in [1.807, 2.05) is 6.08 Å². The highest BCUT2D eigenvalue weighted by atomic mass is 14.8. The Balaban J connectivity index is 2.54. The van der Waals surface area contributed by atoms with Gasteiger partial charge in [-0.15, -0.1) is 0 Å². The lowest BCUT2D eigenvalue weighted by Gasteiger charge is -2.05. The maximum Gasteiger partial charge on any atom is 0.116 e. The second-order valence-corrected chi connectivity index (χ2v) is 2.29. The molecule has 0 spiro atoms. The molecule has 49 valence electrons. The monoisotopic (exact) mass is 131 g/mol. The highest BCUT2D eigenvalue weighted by molar-refractivity contribution is 5.51. The predicted molar refractivity (Wildman–Crippen MR) is 38.2 cm³/mol. The molecule has 10 heavy (non-hydrogen) atoms. The summed E-state index contributed by atoms with van der Waals surface area (Å²) in [5.41, 5.74) is 2.17. The third-order valence-corrected chi connectivity index (χ3v) is 1.60. The molecule has 2 heteroatoms. The van der Waals surface area contributed by atoms with E-state index in [2.05, 4.69) is 22.2 Å². The molecule has 0 aromatic carbocycles. The molecular weight excluding hydrogens is 124 g/mol. The van der Waals surface area contributed by atoms with Crippen LogP contribution in [0.5, 0.6) is 0 Å². The lowest BCUT2D eigenvalue weighted by Crippen LogP contribution is -1.97. The quantitative estimate of drug-likeness (QED) is 0.529. The number of aryl methyl sites for hydroxylation is 1. The molecule has 1 aliphatic carbocycles. The van der Waals surface area contributed by atoms with Crippen molar-refractivity contribution in [3.8, 4) is 0 Å². The highest BCUT2D eigenvalue weighted by Crippen LogP contribution is 2.13. The van der Waals surface area contributed by atoms with Gasteiger partial charge in [-0.05, 0) is 12.8 Å². The lowest BCUT2D eigenvalue weighted by molar-refractivity contribution is 0.906. The fourth-order valence-corrected chi connectivity index (χ4v) is 1.08. The van der Waals surface area contributed by atoms with Crippen molar-refractivity contribution in [1.29, 1.82) is 0 Å². The van der Waals surface area contributed by atoms with Crippen LogP contribution in [-0.4, -0.2) is 9.97 Å². The number of rotatable bonds is 0. The van der Waals surface area contributed by atoms with Crippen LogP contribution in [0.2, 0.25) is 0 Å². The van der Waals surface area contributed by atoms with Crippen LogP contribution in [0, 0.1) is 6.20 Å². The molecule has 1 aromatic heterocycles. The summed E-state index contributed by atoms with van der Waals surface area (Å²) in [6.07, 6.45) is 10.7. The summed E-state index contributed by atoms with van der Waals surface area (Å²) in [6, 6.07) is 0. The number of hydrogen-bond acceptors (Lipinski definition) is 2. The standard InChI is InChI=1S/C8H7N2/c1-2-4-8-7(3-1)5-9-6-10-8/h1,3,6H,2,4H2. The normalized spacial score (nSPS) is 14.8. The van der Waals surface area contributed by atoms with Crippen molar-refractivity contribution in [2.45, 2.75) is 12.8 Å². The van der Waals surface area contributed by atoms with Crippen LogP contribution in [0.4, 0.5) is 0 Å². The first-order valence-electron chi connectivity index (χ1n) is 3.35. The van der Waals surface area contributed by atoms with Gasteiger partial charge in [0.25, 0.3) is 0 Å². The molecule has 1 aromatic rings. The average Bonchev–Trinajstić information content (AvgIpc) is 2.05. The van der Waals surface area contributed by atoms with Crippen LogP contribution in [0.25, 0.3) is 6.08 Å². The van der Waals surface area contributed by atoms with Gasteiger partial charge in [-0.3, -0.25) is 0 Å². The molecule has 0 amide bonds. The maximum atomic E-state index is 4.13. The number of hydrogen-bond donors (Lipinski definition) is 0. The first-order chi connectivity index (χ1) is 4.97. The number of fused-ring (bicyclic) bond motifs is 1. The van der Waals surface area contributed by atoms with Crippen molar-refractivity contribution < 1.29 is 0 Å². The Kier molecular flexibility index (Phi) is 1.24. The van der Waals surface area contributed by atoms with Gasteiger partial charge >= 0.3 is 0 Å². The Morgan fingerprint density at radius 1 is 1.50 bits per heavy atom.